The smallest absolute Gasteiger partial charge is 0.367 e. The van der Waals surface area contributed by atoms with Gasteiger partial charge in [-0.3, -0.25) is 4.79 Å². The molecule has 0 aliphatic heterocycles. The molecule has 6 heteroatoms. The van der Waals surface area contributed by atoms with Crippen molar-refractivity contribution >= 4 is 28.9 Å². The number of thiazole rings is 1. The highest BCUT2D eigenvalue weighted by Gasteiger charge is 2.16. The monoisotopic (exact) mass is 304 g/mol. The van der Waals surface area contributed by atoms with Gasteiger partial charge < -0.3 is 10.1 Å². The maximum Gasteiger partial charge on any atom is 0.367 e. The van der Waals surface area contributed by atoms with Crippen molar-refractivity contribution in [3.8, 4) is 0 Å². The summed E-state index contributed by atoms with van der Waals surface area (Å²) in [5.41, 5.74) is 3.17. The van der Waals surface area contributed by atoms with Crippen LogP contribution in [0.25, 0.3) is 0 Å². The molecule has 0 bridgehead atoms. The van der Waals surface area contributed by atoms with Crippen molar-refractivity contribution in [2.75, 3.05) is 11.9 Å². The van der Waals surface area contributed by atoms with Crippen LogP contribution in [-0.2, 0) is 4.74 Å². The number of anilines is 1. The fourth-order valence-corrected chi connectivity index (χ4v) is 2.37. The molecular weight excluding hydrogens is 288 g/mol. The predicted molar refractivity (Wildman–Crippen MR) is 81.9 cm³/mol. The van der Waals surface area contributed by atoms with E-state index in [1.807, 2.05) is 32.0 Å². The third-order valence-corrected chi connectivity index (χ3v) is 3.77. The maximum absolute atomic E-state index is 12.1. The zero-order chi connectivity index (χ0) is 15.4. The number of benzene rings is 1. The number of amides is 1. The van der Waals surface area contributed by atoms with Crippen LogP contribution in [0.15, 0.2) is 23.6 Å². The number of rotatable bonds is 4. The van der Waals surface area contributed by atoms with Crippen molar-refractivity contribution in [1.29, 1.82) is 0 Å². The Morgan fingerprint density at radius 2 is 2.05 bits per heavy atom. The summed E-state index contributed by atoms with van der Waals surface area (Å²) in [6.07, 6.45) is 0. The summed E-state index contributed by atoms with van der Waals surface area (Å²) in [5, 5.41) is 4.49. The Bertz CT molecular complexity index is 679. The first-order valence-corrected chi connectivity index (χ1v) is 7.40. The second kappa shape index (κ2) is 6.49. The Morgan fingerprint density at radius 3 is 2.71 bits per heavy atom. The van der Waals surface area contributed by atoms with Crippen LogP contribution in [0.5, 0.6) is 0 Å². The number of hydrogen-bond donors (Lipinski definition) is 1. The molecule has 0 aliphatic rings. The molecule has 0 saturated heterocycles. The Balaban J connectivity index is 2.10. The lowest BCUT2D eigenvalue weighted by molar-refractivity contribution is 0.0526. The van der Waals surface area contributed by atoms with Crippen molar-refractivity contribution in [2.24, 2.45) is 0 Å². The molecular formula is C15H16N2O3S. The van der Waals surface area contributed by atoms with E-state index in [4.69, 9.17) is 4.74 Å². The fraction of sp³-hybridized carbons (Fsp3) is 0.267. The van der Waals surface area contributed by atoms with Gasteiger partial charge >= 0.3 is 5.97 Å². The van der Waals surface area contributed by atoms with Crippen molar-refractivity contribution in [2.45, 2.75) is 20.8 Å². The number of carbonyl (C=O) groups is 2. The number of nitrogens with one attached hydrogen (secondary N) is 1. The topological polar surface area (TPSA) is 68.3 Å². The molecule has 1 aromatic heterocycles. The summed E-state index contributed by atoms with van der Waals surface area (Å²) < 4.78 is 4.85. The fourth-order valence-electron chi connectivity index (χ4n) is 1.68. The molecule has 1 heterocycles. The maximum atomic E-state index is 12.1. The van der Waals surface area contributed by atoms with E-state index in [0.717, 1.165) is 22.5 Å². The van der Waals surface area contributed by atoms with Gasteiger partial charge in [0.05, 0.1) is 6.61 Å². The third kappa shape index (κ3) is 3.66. The van der Waals surface area contributed by atoms with E-state index in [1.54, 1.807) is 12.3 Å². The highest BCUT2D eigenvalue weighted by atomic mass is 32.1. The Kier molecular flexibility index (Phi) is 4.70. The van der Waals surface area contributed by atoms with Crippen LogP contribution < -0.4 is 5.32 Å². The van der Waals surface area contributed by atoms with E-state index in [0.29, 0.717) is 5.69 Å². The quantitative estimate of drug-likeness (QED) is 0.881. The van der Waals surface area contributed by atoms with E-state index in [2.05, 4.69) is 10.3 Å². The highest BCUT2D eigenvalue weighted by Crippen LogP contribution is 2.16. The van der Waals surface area contributed by atoms with Crippen LogP contribution in [0.1, 0.15) is 38.3 Å². The lowest BCUT2D eigenvalue weighted by Gasteiger charge is -2.06. The van der Waals surface area contributed by atoms with Crippen LogP contribution in [0.2, 0.25) is 0 Å². The van der Waals surface area contributed by atoms with Crippen LogP contribution >= 0.6 is 11.3 Å². The molecule has 5 nitrogen and oxygen atoms in total. The van der Waals surface area contributed by atoms with Gasteiger partial charge in [0.2, 0.25) is 5.01 Å². The highest BCUT2D eigenvalue weighted by molar-refractivity contribution is 7.11. The Labute approximate surface area is 127 Å². The van der Waals surface area contributed by atoms with Crippen LogP contribution in [0.4, 0.5) is 5.69 Å². The van der Waals surface area contributed by atoms with E-state index in [9.17, 15) is 9.59 Å². The molecule has 21 heavy (non-hydrogen) atoms. The molecule has 110 valence electrons. The van der Waals surface area contributed by atoms with Gasteiger partial charge in [-0.05, 0) is 44.0 Å². The van der Waals surface area contributed by atoms with Gasteiger partial charge in [0.25, 0.3) is 5.91 Å². The summed E-state index contributed by atoms with van der Waals surface area (Å²) in [7, 11) is 0. The van der Waals surface area contributed by atoms with Crippen molar-refractivity contribution in [1.82, 2.24) is 4.98 Å². The SMILES string of the molecule is CCOC(=O)c1nc(C(=O)Nc2ccc(C)c(C)c2)cs1. The molecule has 0 spiro atoms. The van der Waals surface area contributed by atoms with Crippen LogP contribution in [0, 0.1) is 13.8 Å². The standard InChI is InChI=1S/C15H16N2O3S/c1-4-20-15(19)14-17-12(8-21-14)13(18)16-11-6-5-9(2)10(3)7-11/h5-8H,4H2,1-3H3,(H,16,18). The summed E-state index contributed by atoms with van der Waals surface area (Å²) in [6, 6.07) is 5.67. The van der Waals surface area contributed by atoms with E-state index in [1.165, 1.54) is 0 Å². The van der Waals surface area contributed by atoms with Gasteiger partial charge in [-0.2, -0.15) is 0 Å². The number of aromatic nitrogens is 1. The van der Waals surface area contributed by atoms with Gasteiger partial charge in [0.1, 0.15) is 5.69 Å². The molecule has 0 atom stereocenters. The Hall–Kier alpha value is -2.21. The first-order chi connectivity index (χ1) is 10.0. The number of aryl methyl sites for hydroxylation is 2. The average Bonchev–Trinajstić information content (AvgIpc) is 2.93. The summed E-state index contributed by atoms with van der Waals surface area (Å²) in [5.74, 6) is -0.849. The van der Waals surface area contributed by atoms with E-state index in [-0.39, 0.29) is 23.2 Å². The van der Waals surface area contributed by atoms with Crippen molar-refractivity contribution < 1.29 is 14.3 Å². The van der Waals surface area contributed by atoms with Crippen molar-refractivity contribution in [3.05, 3.63) is 45.4 Å². The minimum atomic E-state index is -0.507. The molecule has 2 aromatic rings. The molecule has 1 amide bonds. The lowest BCUT2D eigenvalue weighted by Crippen LogP contribution is -2.13. The van der Waals surface area contributed by atoms with Gasteiger partial charge in [-0.25, -0.2) is 9.78 Å². The second-order valence-corrected chi connectivity index (χ2v) is 5.37. The summed E-state index contributed by atoms with van der Waals surface area (Å²) in [4.78, 5) is 27.6. The summed E-state index contributed by atoms with van der Waals surface area (Å²) in [6.45, 7) is 5.99. The number of nitrogens with zero attached hydrogens (tertiary/aromatic N) is 1. The zero-order valence-electron chi connectivity index (χ0n) is 12.1. The van der Waals surface area contributed by atoms with Crippen LogP contribution in [0.3, 0.4) is 0 Å². The molecule has 0 fully saturated rings. The molecule has 0 unspecified atom stereocenters. The normalized spacial score (nSPS) is 10.2. The Morgan fingerprint density at radius 1 is 1.29 bits per heavy atom. The number of hydrogen-bond acceptors (Lipinski definition) is 5. The number of esters is 1. The zero-order valence-corrected chi connectivity index (χ0v) is 12.9. The average molecular weight is 304 g/mol. The number of ether oxygens (including phenoxy) is 1. The first kappa shape index (κ1) is 15.2. The number of carbonyl (C=O) groups excluding carboxylic acids is 2. The van der Waals surface area contributed by atoms with E-state index < -0.39 is 5.97 Å². The lowest BCUT2D eigenvalue weighted by atomic mass is 10.1. The third-order valence-electron chi connectivity index (χ3n) is 2.95. The second-order valence-electron chi connectivity index (χ2n) is 4.51. The molecule has 0 aliphatic carbocycles. The largest absolute Gasteiger partial charge is 0.461 e. The molecule has 1 aromatic carbocycles. The predicted octanol–water partition coefficient (Wildman–Crippen LogP) is 3.19. The minimum Gasteiger partial charge on any atom is -0.461 e. The van der Waals surface area contributed by atoms with Gasteiger partial charge in [-0.15, -0.1) is 11.3 Å². The van der Waals surface area contributed by atoms with Gasteiger partial charge in [0, 0.05) is 11.1 Å². The minimum absolute atomic E-state index is 0.182. The first-order valence-electron chi connectivity index (χ1n) is 6.52. The molecule has 0 radical (unpaired) electrons. The van der Waals surface area contributed by atoms with Crippen molar-refractivity contribution in [3.63, 3.8) is 0 Å². The van der Waals surface area contributed by atoms with Gasteiger partial charge in [0.15, 0.2) is 0 Å². The van der Waals surface area contributed by atoms with Crippen LogP contribution in [-0.4, -0.2) is 23.5 Å². The molecule has 1 N–H and O–H groups in total. The van der Waals surface area contributed by atoms with E-state index >= 15 is 0 Å². The molecule has 2 rings (SSSR count). The van der Waals surface area contributed by atoms with Gasteiger partial charge in [-0.1, -0.05) is 6.07 Å². The summed E-state index contributed by atoms with van der Waals surface area (Å²) >= 11 is 1.10. The molecule has 0 saturated carbocycles.